The Labute approximate surface area is 147 Å². The van der Waals surface area contributed by atoms with Crippen molar-refractivity contribution >= 4 is 24.0 Å². The van der Waals surface area contributed by atoms with Gasteiger partial charge in [0, 0.05) is 0 Å². The summed E-state index contributed by atoms with van der Waals surface area (Å²) in [5, 5.41) is 8.93. The lowest BCUT2D eigenvalue weighted by molar-refractivity contribution is -0.158. The number of esters is 2. The van der Waals surface area contributed by atoms with Crippen LogP contribution in [0.5, 0.6) is 0 Å². The number of benzene rings is 1. The molecular formula is C19H24O6. The molecular weight excluding hydrogens is 324 g/mol. The number of carbonyl (C=O) groups excluding carboxylic acids is 2. The third kappa shape index (κ3) is 7.20. The summed E-state index contributed by atoms with van der Waals surface area (Å²) < 4.78 is 10.5. The van der Waals surface area contributed by atoms with E-state index in [4.69, 9.17) is 14.6 Å². The number of carboxylic acids is 1. The van der Waals surface area contributed by atoms with E-state index in [1.54, 1.807) is 41.5 Å². The average molecular weight is 348 g/mol. The molecule has 136 valence electrons. The summed E-state index contributed by atoms with van der Waals surface area (Å²) in [6.07, 6.45) is 1.33. The maximum absolute atomic E-state index is 12.4. The number of carboxylic acid groups (broad SMARTS) is 1. The van der Waals surface area contributed by atoms with Crippen LogP contribution in [0.15, 0.2) is 29.8 Å². The number of aromatic carboxylic acids is 1. The fraction of sp³-hybridized carbons (Fsp3) is 0.421. The molecule has 0 saturated heterocycles. The van der Waals surface area contributed by atoms with Crippen molar-refractivity contribution in [2.75, 3.05) is 0 Å². The van der Waals surface area contributed by atoms with Gasteiger partial charge in [0.05, 0.1) is 5.56 Å². The van der Waals surface area contributed by atoms with Crippen molar-refractivity contribution in [1.82, 2.24) is 0 Å². The lowest BCUT2D eigenvalue weighted by Gasteiger charge is -2.23. The lowest BCUT2D eigenvalue weighted by Crippen LogP contribution is -2.31. The van der Waals surface area contributed by atoms with Crippen LogP contribution in [-0.4, -0.2) is 34.2 Å². The van der Waals surface area contributed by atoms with E-state index in [-0.39, 0.29) is 11.1 Å². The minimum Gasteiger partial charge on any atom is -0.478 e. The third-order valence-corrected chi connectivity index (χ3v) is 2.71. The molecule has 0 aliphatic rings. The first kappa shape index (κ1) is 20.4. The molecule has 0 unspecified atom stereocenters. The van der Waals surface area contributed by atoms with Gasteiger partial charge >= 0.3 is 17.9 Å². The standard InChI is InChI=1S/C19H24O6/c1-18(2,3)24-16(22)14(17(23)25-19(4,5)6)11-12-7-9-13(10-8-12)15(20)21/h7-11H,1-6H3,(H,20,21). The van der Waals surface area contributed by atoms with Crippen LogP contribution in [0.1, 0.15) is 57.5 Å². The molecule has 1 N–H and O–H groups in total. The molecule has 0 heterocycles. The molecule has 0 atom stereocenters. The molecule has 0 radical (unpaired) electrons. The largest absolute Gasteiger partial charge is 0.478 e. The van der Waals surface area contributed by atoms with Gasteiger partial charge in [-0.05, 0) is 65.3 Å². The Morgan fingerprint density at radius 1 is 0.840 bits per heavy atom. The number of carbonyl (C=O) groups is 3. The Balaban J connectivity index is 3.22. The second-order valence-corrected chi connectivity index (χ2v) is 7.49. The van der Waals surface area contributed by atoms with E-state index < -0.39 is 29.1 Å². The smallest absolute Gasteiger partial charge is 0.346 e. The SMILES string of the molecule is CC(C)(C)OC(=O)C(=Cc1ccc(C(=O)O)cc1)C(=O)OC(C)(C)C. The van der Waals surface area contributed by atoms with Crippen LogP contribution in [0.25, 0.3) is 6.08 Å². The molecule has 1 aromatic rings. The van der Waals surface area contributed by atoms with Crippen molar-refractivity contribution in [1.29, 1.82) is 0 Å². The van der Waals surface area contributed by atoms with E-state index in [0.717, 1.165) is 0 Å². The summed E-state index contributed by atoms with van der Waals surface area (Å²) >= 11 is 0. The van der Waals surface area contributed by atoms with Crippen molar-refractivity contribution in [2.45, 2.75) is 52.7 Å². The van der Waals surface area contributed by atoms with Crippen LogP contribution < -0.4 is 0 Å². The zero-order valence-corrected chi connectivity index (χ0v) is 15.4. The molecule has 25 heavy (non-hydrogen) atoms. The van der Waals surface area contributed by atoms with E-state index in [1.165, 1.54) is 30.3 Å². The van der Waals surface area contributed by atoms with E-state index in [1.807, 2.05) is 0 Å². The molecule has 0 bridgehead atoms. The Morgan fingerprint density at radius 3 is 1.56 bits per heavy atom. The van der Waals surface area contributed by atoms with E-state index >= 15 is 0 Å². The summed E-state index contributed by atoms with van der Waals surface area (Å²) in [4.78, 5) is 35.7. The molecule has 0 aliphatic carbocycles. The van der Waals surface area contributed by atoms with Gasteiger partial charge < -0.3 is 14.6 Å². The monoisotopic (exact) mass is 348 g/mol. The molecule has 0 saturated carbocycles. The van der Waals surface area contributed by atoms with Crippen LogP contribution in [-0.2, 0) is 19.1 Å². The van der Waals surface area contributed by atoms with Gasteiger partial charge in [0.15, 0.2) is 0 Å². The molecule has 0 aliphatic heterocycles. The molecule has 0 spiro atoms. The third-order valence-electron chi connectivity index (χ3n) is 2.71. The average Bonchev–Trinajstić information content (AvgIpc) is 2.41. The normalized spacial score (nSPS) is 11.4. The first-order valence-electron chi connectivity index (χ1n) is 7.80. The summed E-state index contributed by atoms with van der Waals surface area (Å²) in [5.41, 5.74) is -1.21. The molecule has 1 rings (SSSR count). The fourth-order valence-corrected chi connectivity index (χ4v) is 1.76. The molecule has 0 fully saturated rings. The molecule has 1 aromatic carbocycles. The Kier molecular flexibility index (Phi) is 6.13. The van der Waals surface area contributed by atoms with Crippen LogP contribution >= 0.6 is 0 Å². The Morgan fingerprint density at radius 2 is 1.24 bits per heavy atom. The highest BCUT2D eigenvalue weighted by Gasteiger charge is 2.29. The highest BCUT2D eigenvalue weighted by molar-refractivity contribution is 6.17. The van der Waals surface area contributed by atoms with Crippen molar-refractivity contribution in [3.63, 3.8) is 0 Å². The fourth-order valence-electron chi connectivity index (χ4n) is 1.76. The van der Waals surface area contributed by atoms with Crippen molar-refractivity contribution < 1.29 is 29.0 Å². The minimum absolute atomic E-state index is 0.105. The van der Waals surface area contributed by atoms with Crippen LogP contribution in [0.2, 0.25) is 0 Å². The number of hydrogen-bond acceptors (Lipinski definition) is 5. The zero-order chi connectivity index (χ0) is 19.4. The molecule has 0 aromatic heterocycles. The predicted octanol–water partition coefficient (Wildman–Crippen LogP) is 3.45. The van der Waals surface area contributed by atoms with Gasteiger partial charge in [-0.15, -0.1) is 0 Å². The van der Waals surface area contributed by atoms with Gasteiger partial charge in [-0.2, -0.15) is 0 Å². The van der Waals surface area contributed by atoms with Gasteiger partial charge in [-0.1, -0.05) is 12.1 Å². The minimum atomic E-state index is -1.06. The second-order valence-electron chi connectivity index (χ2n) is 7.49. The molecule has 6 nitrogen and oxygen atoms in total. The maximum atomic E-state index is 12.4. The second kappa shape index (κ2) is 7.51. The van der Waals surface area contributed by atoms with Gasteiger partial charge in [0.1, 0.15) is 16.8 Å². The summed E-state index contributed by atoms with van der Waals surface area (Å²) in [6, 6.07) is 5.77. The van der Waals surface area contributed by atoms with Gasteiger partial charge in [-0.3, -0.25) is 0 Å². The first-order chi connectivity index (χ1) is 11.3. The van der Waals surface area contributed by atoms with Gasteiger partial charge in [-0.25, -0.2) is 14.4 Å². The van der Waals surface area contributed by atoms with Gasteiger partial charge in [0.2, 0.25) is 0 Å². The molecule has 6 heteroatoms. The maximum Gasteiger partial charge on any atom is 0.346 e. The van der Waals surface area contributed by atoms with Crippen LogP contribution in [0, 0.1) is 0 Å². The highest BCUT2D eigenvalue weighted by atomic mass is 16.6. The number of rotatable bonds is 4. The molecule has 0 amide bonds. The number of hydrogen-bond donors (Lipinski definition) is 1. The van der Waals surface area contributed by atoms with Crippen molar-refractivity contribution in [3.8, 4) is 0 Å². The number of ether oxygens (including phenoxy) is 2. The highest BCUT2D eigenvalue weighted by Crippen LogP contribution is 2.18. The lowest BCUT2D eigenvalue weighted by atomic mass is 10.1. The zero-order valence-electron chi connectivity index (χ0n) is 15.4. The van der Waals surface area contributed by atoms with Crippen LogP contribution in [0.3, 0.4) is 0 Å². The Hall–Kier alpha value is -2.63. The van der Waals surface area contributed by atoms with E-state index in [2.05, 4.69) is 0 Å². The quantitative estimate of drug-likeness (QED) is 0.388. The van der Waals surface area contributed by atoms with E-state index in [0.29, 0.717) is 5.56 Å². The van der Waals surface area contributed by atoms with Crippen molar-refractivity contribution in [2.24, 2.45) is 0 Å². The summed E-state index contributed by atoms with van der Waals surface area (Å²) in [7, 11) is 0. The van der Waals surface area contributed by atoms with Crippen LogP contribution in [0.4, 0.5) is 0 Å². The summed E-state index contributed by atoms with van der Waals surface area (Å²) in [5.74, 6) is -2.66. The summed E-state index contributed by atoms with van der Waals surface area (Å²) in [6.45, 7) is 10.2. The predicted molar refractivity (Wildman–Crippen MR) is 93.1 cm³/mol. The van der Waals surface area contributed by atoms with Gasteiger partial charge in [0.25, 0.3) is 0 Å². The first-order valence-corrected chi connectivity index (χ1v) is 7.80. The topological polar surface area (TPSA) is 89.9 Å². The Bertz CT molecular complexity index is 654. The van der Waals surface area contributed by atoms with Crippen molar-refractivity contribution in [3.05, 3.63) is 41.0 Å². The van der Waals surface area contributed by atoms with E-state index in [9.17, 15) is 14.4 Å².